The molecule has 3 rings (SSSR count). The highest BCUT2D eigenvalue weighted by atomic mass is 16.5. The van der Waals surface area contributed by atoms with Crippen molar-refractivity contribution in [2.24, 2.45) is 10.7 Å². The van der Waals surface area contributed by atoms with Gasteiger partial charge in [0.2, 0.25) is 5.78 Å². The molecule has 0 aliphatic heterocycles. The van der Waals surface area contributed by atoms with Gasteiger partial charge in [-0.2, -0.15) is 0 Å². The van der Waals surface area contributed by atoms with E-state index < -0.39 is 0 Å². The number of carbonyl (C=O) groups excluding carboxylic acids is 1. The summed E-state index contributed by atoms with van der Waals surface area (Å²) in [6.45, 7) is 2.40. The van der Waals surface area contributed by atoms with Gasteiger partial charge in [0, 0.05) is 35.1 Å². The standard InChI is InChI=1S/C22H23N3O4/c1-5-29-14-8-6-7-13(9-14)21(26)20-16-11-19(28-4)18(27-3)10-15(16)17(12-25-20)22(23)24-2/h6-12H,5H2,1-4H3,(H2,23,24). The molecule has 150 valence electrons. The monoisotopic (exact) mass is 393 g/mol. The molecule has 29 heavy (non-hydrogen) atoms. The number of benzene rings is 2. The Balaban J connectivity index is 2.25. The minimum Gasteiger partial charge on any atom is -0.494 e. The second kappa shape index (κ2) is 8.60. The summed E-state index contributed by atoms with van der Waals surface area (Å²) in [5.74, 6) is 1.71. The number of hydrogen-bond acceptors (Lipinski definition) is 6. The maximum Gasteiger partial charge on any atom is 0.212 e. The van der Waals surface area contributed by atoms with Gasteiger partial charge in [0.05, 0.1) is 20.8 Å². The predicted molar refractivity (Wildman–Crippen MR) is 113 cm³/mol. The summed E-state index contributed by atoms with van der Waals surface area (Å²) in [6, 6.07) is 10.5. The fourth-order valence-electron chi connectivity index (χ4n) is 3.10. The summed E-state index contributed by atoms with van der Waals surface area (Å²) in [7, 11) is 4.68. The lowest BCUT2D eigenvalue weighted by molar-refractivity contribution is 0.103. The van der Waals surface area contributed by atoms with Crippen LogP contribution in [0.2, 0.25) is 0 Å². The van der Waals surface area contributed by atoms with Crippen LogP contribution in [-0.4, -0.2) is 44.5 Å². The highest BCUT2D eigenvalue weighted by Gasteiger charge is 2.20. The van der Waals surface area contributed by atoms with Crippen LogP contribution in [0.15, 0.2) is 47.6 Å². The maximum absolute atomic E-state index is 13.3. The third kappa shape index (κ3) is 3.85. The Morgan fingerprint density at radius 2 is 1.79 bits per heavy atom. The number of carbonyl (C=O) groups is 1. The number of hydrogen-bond donors (Lipinski definition) is 1. The van der Waals surface area contributed by atoms with Gasteiger partial charge in [-0.05, 0) is 31.2 Å². The van der Waals surface area contributed by atoms with Crippen LogP contribution in [0.4, 0.5) is 0 Å². The Labute approximate surface area is 169 Å². The van der Waals surface area contributed by atoms with E-state index in [0.717, 1.165) is 0 Å². The van der Waals surface area contributed by atoms with Gasteiger partial charge in [0.1, 0.15) is 17.3 Å². The first kappa shape index (κ1) is 20.1. The summed E-state index contributed by atoms with van der Waals surface area (Å²) >= 11 is 0. The normalized spacial score (nSPS) is 11.4. The van der Waals surface area contributed by atoms with E-state index in [9.17, 15) is 4.79 Å². The molecule has 0 aliphatic rings. The van der Waals surface area contributed by atoms with Gasteiger partial charge in [-0.1, -0.05) is 12.1 Å². The molecular formula is C22H23N3O4. The molecule has 0 aliphatic carbocycles. The molecule has 1 aromatic heterocycles. The molecule has 7 nitrogen and oxygen atoms in total. The number of aliphatic imine (C=N–C) groups is 1. The molecular weight excluding hydrogens is 370 g/mol. The van der Waals surface area contributed by atoms with Crippen LogP contribution in [-0.2, 0) is 0 Å². The molecule has 0 radical (unpaired) electrons. The van der Waals surface area contributed by atoms with Crippen molar-refractivity contribution in [3.05, 3.63) is 59.4 Å². The Morgan fingerprint density at radius 1 is 1.10 bits per heavy atom. The molecule has 0 atom stereocenters. The number of fused-ring (bicyclic) bond motifs is 1. The fourth-order valence-corrected chi connectivity index (χ4v) is 3.10. The summed E-state index contributed by atoms with van der Waals surface area (Å²) < 4.78 is 16.3. The number of rotatable bonds is 7. The third-order valence-corrected chi connectivity index (χ3v) is 4.53. The summed E-state index contributed by atoms with van der Waals surface area (Å²) in [5.41, 5.74) is 7.42. The summed E-state index contributed by atoms with van der Waals surface area (Å²) in [4.78, 5) is 21.7. The molecule has 2 N–H and O–H groups in total. The Kier molecular flexibility index (Phi) is 5.97. The van der Waals surface area contributed by atoms with Crippen LogP contribution in [0.1, 0.15) is 28.5 Å². The lowest BCUT2D eigenvalue weighted by Gasteiger charge is -2.14. The van der Waals surface area contributed by atoms with Crippen molar-refractivity contribution in [1.82, 2.24) is 4.98 Å². The van der Waals surface area contributed by atoms with Crippen LogP contribution >= 0.6 is 0 Å². The summed E-state index contributed by atoms with van der Waals surface area (Å²) in [5, 5.41) is 1.30. The van der Waals surface area contributed by atoms with E-state index in [2.05, 4.69) is 9.98 Å². The Bertz CT molecular complexity index is 1090. The van der Waals surface area contributed by atoms with Crippen LogP contribution in [0, 0.1) is 0 Å². The number of nitrogens with two attached hydrogens (primary N) is 1. The Hall–Kier alpha value is -3.61. The average Bonchev–Trinajstić information content (AvgIpc) is 2.76. The van der Waals surface area contributed by atoms with Gasteiger partial charge >= 0.3 is 0 Å². The van der Waals surface area contributed by atoms with Gasteiger partial charge in [0.25, 0.3) is 0 Å². The zero-order chi connectivity index (χ0) is 21.0. The first-order valence-corrected chi connectivity index (χ1v) is 9.08. The van der Waals surface area contributed by atoms with Gasteiger partial charge in [-0.25, -0.2) is 0 Å². The summed E-state index contributed by atoms with van der Waals surface area (Å²) in [6.07, 6.45) is 1.55. The smallest absolute Gasteiger partial charge is 0.212 e. The Morgan fingerprint density at radius 3 is 2.41 bits per heavy atom. The van der Waals surface area contributed by atoms with Gasteiger partial charge in [0.15, 0.2) is 11.5 Å². The molecule has 0 bridgehead atoms. The van der Waals surface area contributed by atoms with E-state index in [4.69, 9.17) is 19.9 Å². The van der Waals surface area contributed by atoms with Crippen molar-refractivity contribution in [3.63, 3.8) is 0 Å². The molecule has 0 spiro atoms. The van der Waals surface area contributed by atoms with E-state index >= 15 is 0 Å². The quantitative estimate of drug-likeness (QED) is 0.376. The molecule has 1 heterocycles. The zero-order valence-electron chi connectivity index (χ0n) is 16.9. The molecule has 0 saturated carbocycles. The van der Waals surface area contributed by atoms with E-state index in [1.165, 1.54) is 7.11 Å². The van der Waals surface area contributed by atoms with Crippen LogP contribution in [0.3, 0.4) is 0 Å². The number of ether oxygens (including phenoxy) is 3. The number of ketones is 1. The van der Waals surface area contributed by atoms with E-state index in [-0.39, 0.29) is 11.5 Å². The first-order chi connectivity index (χ1) is 14.0. The highest BCUT2D eigenvalue weighted by Crippen LogP contribution is 2.35. The second-order valence-corrected chi connectivity index (χ2v) is 6.17. The van der Waals surface area contributed by atoms with E-state index in [1.807, 2.05) is 6.92 Å². The van der Waals surface area contributed by atoms with E-state index in [1.54, 1.807) is 56.8 Å². The van der Waals surface area contributed by atoms with Crippen LogP contribution in [0.5, 0.6) is 17.2 Å². The average molecular weight is 393 g/mol. The predicted octanol–water partition coefficient (Wildman–Crippen LogP) is 3.22. The lowest BCUT2D eigenvalue weighted by atomic mass is 9.98. The minimum atomic E-state index is -0.234. The van der Waals surface area contributed by atoms with Gasteiger partial charge in [-0.3, -0.25) is 14.8 Å². The van der Waals surface area contributed by atoms with Crippen LogP contribution in [0.25, 0.3) is 10.8 Å². The van der Waals surface area contributed by atoms with Crippen molar-refractivity contribution >= 4 is 22.4 Å². The van der Waals surface area contributed by atoms with Crippen molar-refractivity contribution in [3.8, 4) is 17.2 Å². The van der Waals surface area contributed by atoms with Crippen LogP contribution < -0.4 is 19.9 Å². The fraction of sp³-hybridized carbons (Fsp3) is 0.227. The van der Waals surface area contributed by atoms with Gasteiger partial charge < -0.3 is 19.9 Å². The van der Waals surface area contributed by atoms with Crippen molar-refractivity contribution in [2.75, 3.05) is 27.9 Å². The number of nitrogens with zero attached hydrogens (tertiary/aromatic N) is 2. The number of amidine groups is 1. The molecule has 3 aromatic rings. The number of pyridine rings is 1. The minimum absolute atomic E-state index is 0.234. The molecule has 0 saturated heterocycles. The molecule has 7 heteroatoms. The lowest BCUT2D eigenvalue weighted by Crippen LogP contribution is -2.16. The molecule has 2 aromatic carbocycles. The first-order valence-electron chi connectivity index (χ1n) is 9.08. The molecule has 0 unspecified atom stereocenters. The van der Waals surface area contributed by atoms with E-state index in [0.29, 0.717) is 51.6 Å². The third-order valence-electron chi connectivity index (χ3n) is 4.53. The number of methoxy groups -OCH3 is 2. The SMILES string of the molecule is CCOc1cccc(C(=O)c2ncc(C(N)=NC)c3cc(OC)c(OC)cc23)c1. The number of aromatic nitrogens is 1. The van der Waals surface area contributed by atoms with Crippen molar-refractivity contribution in [2.45, 2.75) is 6.92 Å². The highest BCUT2D eigenvalue weighted by molar-refractivity contribution is 6.19. The second-order valence-electron chi connectivity index (χ2n) is 6.17. The molecule has 0 amide bonds. The van der Waals surface area contributed by atoms with Gasteiger partial charge in [-0.15, -0.1) is 0 Å². The zero-order valence-corrected chi connectivity index (χ0v) is 16.9. The topological polar surface area (TPSA) is 96.0 Å². The maximum atomic E-state index is 13.3. The molecule has 0 fully saturated rings. The van der Waals surface area contributed by atoms with Crippen molar-refractivity contribution in [1.29, 1.82) is 0 Å². The van der Waals surface area contributed by atoms with Crippen molar-refractivity contribution < 1.29 is 19.0 Å². The largest absolute Gasteiger partial charge is 0.494 e.